The molecule has 1 heterocycles. The number of rotatable bonds is 7. The van der Waals surface area contributed by atoms with Crippen molar-refractivity contribution < 1.29 is 23.8 Å². The molecular weight excluding hydrogens is 632 g/mol. The maximum absolute atomic E-state index is 14.6. The van der Waals surface area contributed by atoms with Crippen LogP contribution in [0.15, 0.2) is 77.3 Å². The maximum atomic E-state index is 14.6. The van der Waals surface area contributed by atoms with E-state index in [-0.39, 0.29) is 11.9 Å². The summed E-state index contributed by atoms with van der Waals surface area (Å²) in [6.07, 6.45) is 2.30. The summed E-state index contributed by atoms with van der Waals surface area (Å²) in [5.74, 6) is 0.790. The fraction of sp³-hybridized carbons (Fsp3) is 0.378. The van der Waals surface area contributed by atoms with Crippen LogP contribution in [0.1, 0.15) is 68.8 Å². The van der Waals surface area contributed by atoms with Gasteiger partial charge in [-0.3, -0.25) is 9.59 Å². The minimum atomic E-state index is -0.706. The second kappa shape index (κ2) is 11.8. The third kappa shape index (κ3) is 5.92. The third-order valence-electron chi connectivity index (χ3n) is 9.29. The Morgan fingerprint density at radius 2 is 1.60 bits per heavy atom. The summed E-state index contributed by atoms with van der Waals surface area (Å²) in [7, 11) is 1.61. The Bertz CT molecular complexity index is 1760. The first-order chi connectivity index (χ1) is 21.4. The lowest BCUT2D eigenvalue weighted by atomic mass is 9.55. The number of fused-ring (bicyclic) bond motifs is 4. The lowest BCUT2D eigenvalue weighted by molar-refractivity contribution is -0.181. The van der Waals surface area contributed by atoms with Crippen molar-refractivity contribution in [1.29, 1.82) is 0 Å². The van der Waals surface area contributed by atoms with Gasteiger partial charge in [-0.1, -0.05) is 58.4 Å². The number of ether oxygens (including phenoxy) is 3. The van der Waals surface area contributed by atoms with Crippen molar-refractivity contribution in [2.45, 2.75) is 77.0 Å². The van der Waals surface area contributed by atoms with Crippen LogP contribution in [-0.2, 0) is 9.53 Å². The number of para-hydroxylation sites is 2. The number of aromatic nitrogens is 1. The van der Waals surface area contributed by atoms with E-state index >= 15 is 0 Å². The molecule has 7 nitrogen and oxygen atoms in total. The highest BCUT2D eigenvalue weighted by molar-refractivity contribution is 9.10. The molecule has 45 heavy (non-hydrogen) atoms. The molecule has 3 aromatic carbocycles. The van der Waals surface area contributed by atoms with Gasteiger partial charge in [0.2, 0.25) is 0 Å². The molecule has 4 aromatic rings. The number of esters is 1. The van der Waals surface area contributed by atoms with Crippen LogP contribution in [0.3, 0.4) is 0 Å². The van der Waals surface area contributed by atoms with Crippen molar-refractivity contribution in [3.05, 3.63) is 88.4 Å². The van der Waals surface area contributed by atoms with E-state index in [0.29, 0.717) is 49.2 Å². The number of halogens is 1. The Labute approximate surface area is 272 Å². The van der Waals surface area contributed by atoms with Crippen molar-refractivity contribution in [2.75, 3.05) is 7.11 Å². The molecule has 234 valence electrons. The molecule has 0 aliphatic heterocycles. The lowest BCUT2D eigenvalue weighted by Crippen LogP contribution is -2.67. The van der Waals surface area contributed by atoms with E-state index in [1.54, 1.807) is 7.11 Å². The Kier molecular flexibility index (Phi) is 8.14. The van der Waals surface area contributed by atoms with E-state index in [1.165, 1.54) is 0 Å². The number of benzene rings is 3. The van der Waals surface area contributed by atoms with E-state index in [2.05, 4.69) is 21.2 Å². The first-order valence-electron chi connectivity index (χ1n) is 15.4. The van der Waals surface area contributed by atoms with Gasteiger partial charge in [-0.05, 0) is 89.3 Å². The largest absolute Gasteiger partial charge is 0.493 e. The number of carbonyl (C=O) groups excluding carboxylic acids is 2. The van der Waals surface area contributed by atoms with Gasteiger partial charge in [0.1, 0.15) is 11.7 Å². The molecule has 0 saturated heterocycles. The smallest absolute Gasteiger partial charge is 0.312 e. The molecule has 1 aromatic heterocycles. The summed E-state index contributed by atoms with van der Waals surface area (Å²) in [6.45, 7) is 7.64. The van der Waals surface area contributed by atoms with Gasteiger partial charge in [0.05, 0.1) is 34.8 Å². The SMILES string of the molecule is COc1ccccc1OC1CC2(C(=O)OC(C)(C)C)CCC1(NC(=O)c1c(C)c(-c3ccccc3)nc3ccc(Br)cc13)CC2. The molecule has 3 aliphatic carbocycles. The van der Waals surface area contributed by atoms with Crippen LogP contribution in [0, 0.1) is 12.3 Å². The number of pyridine rings is 1. The molecule has 0 radical (unpaired) electrons. The molecule has 1 atom stereocenters. The Hall–Kier alpha value is -3.91. The van der Waals surface area contributed by atoms with Gasteiger partial charge >= 0.3 is 5.97 Å². The van der Waals surface area contributed by atoms with Gasteiger partial charge in [-0.25, -0.2) is 4.98 Å². The van der Waals surface area contributed by atoms with Crippen LogP contribution in [-0.4, -0.2) is 41.2 Å². The van der Waals surface area contributed by atoms with E-state index in [1.807, 2.05) is 100 Å². The van der Waals surface area contributed by atoms with E-state index < -0.39 is 22.7 Å². The fourth-order valence-electron chi connectivity index (χ4n) is 6.94. The van der Waals surface area contributed by atoms with Crippen LogP contribution < -0.4 is 14.8 Å². The van der Waals surface area contributed by atoms with Gasteiger partial charge in [0.15, 0.2) is 11.5 Å². The summed E-state index contributed by atoms with van der Waals surface area (Å²) < 4.78 is 19.1. The van der Waals surface area contributed by atoms with Gasteiger partial charge in [-0.2, -0.15) is 0 Å². The van der Waals surface area contributed by atoms with Gasteiger partial charge in [-0.15, -0.1) is 0 Å². The number of amides is 1. The summed E-state index contributed by atoms with van der Waals surface area (Å²) in [5.41, 5.74) is 1.85. The van der Waals surface area contributed by atoms with Crippen molar-refractivity contribution >= 4 is 38.7 Å². The molecule has 7 rings (SSSR count). The average Bonchev–Trinajstić information content (AvgIpc) is 3.01. The molecule has 1 amide bonds. The predicted molar refractivity (Wildman–Crippen MR) is 179 cm³/mol. The second-order valence-electron chi connectivity index (χ2n) is 13.3. The third-order valence-corrected chi connectivity index (χ3v) is 9.78. The normalized spacial score (nSPS) is 22.6. The molecule has 8 heteroatoms. The van der Waals surface area contributed by atoms with Gasteiger partial charge in [0, 0.05) is 21.8 Å². The van der Waals surface area contributed by atoms with Gasteiger partial charge in [0.25, 0.3) is 5.91 Å². The predicted octanol–water partition coefficient (Wildman–Crippen LogP) is 8.20. The number of hydrogen-bond acceptors (Lipinski definition) is 6. The van der Waals surface area contributed by atoms with E-state index in [0.717, 1.165) is 32.2 Å². The molecule has 3 fully saturated rings. The van der Waals surface area contributed by atoms with Crippen LogP contribution in [0.5, 0.6) is 11.5 Å². The number of nitrogens with zero attached hydrogens (tertiary/aromatic N) is 1. The number of hydrogen-bond donors (Lipinski definition) is 1. The van der Waals surface area contributed by atoms with Crippen molar-refractivity contribution in [2.24, 2.45) is 5.41 Å². The average molecular weight is 672 g/mol. The highest BCUT2D eigenvalue weighted by Gasteiger charge is 2.60. The molecule has 3 saturated carbocycles. The van der Waals surface area contributed by atoms with Crippen molar-refractivity contribution in [1.82, 2.24) is 10.3 Å². The van der Waals surface area contributed by atoms with E-state index in [4.69, 9.17) is 19.2 Å². The van der Waals surface area contributed by atoms with E-state index in [9.17, 15) is 9.59 Å². The van der Waals surface area contributed by atoms with Crippen LogP contribution in [0.4, 0.5) is 0 Å². The first-order valence-corrected chi connectivity index (χ1v) is 16.2. The summed E-state index contributed by atoms with van der Waals surface area (Å²) in [5, 5.41) is 4.25. The van der Waals surface area contributed by atoms with Crippen molar-refractivity contribution in [3.63, 3.8) is 0 Å². The van der Waals surface area contributed by atoms with Crippen LogP contribution in [0.2, 0.25) is 0 Å². The standard InChI is InChI=1S/C37H39BrN2O5/c1-23-31(26-21-25(38)15-16-27(26)39-32(23)24-11-7-6-8-12-24)33(41)40-37-19-17-36(18-20-37,34(42)45-35(2,3)4)22-30(37)44-29-14-10-9-13-28(29)43-5/h6-16,21,30H,17-20,22H2,1-5H3,(H,40,41). The summed E-state index contributed by atoms with van der Waals surface area (Å²) >= 11 is 3.60. The minimum Gasteiger partial charge on any atom is -0.493 e. The molecule has 2 bridgehead atoms. The molecule has 3 aliphatic rings. The minimum absolute atomic E-state index is 0.185. The number of nitrogens with one attached hydrogen (secondary N) is 1. The summed E-state index contributed by atoms with van der Waals surface area (Å²) in [4.78, 5) is 33.3. The molecule has 1 unspecified atom stereocenters. The second-order valence-corrected chi connectivity index (χ2v) is 14.3. The molecule has 1 N–H and O–H groups in total. The zero-order valence-corrected chi connectivity index (χ0v) is 28.0. The fourth-order valence-corrected chi connectivity index (χ4v) is 7.30. The zero-order chi connectivity index (χ0) is 32.0. The van der Waals surface area contributed by atoms with Crippen LogP contribution in [0.25, 0.3) is 22.2 Å². The lowest BCUT2D eigenvalue weighted by Gasteiger charge is -2.56. The quantitative estimate of drug-likeness (QED) is 0.200. The highest BCUT2D eigenvalue weighted by Crippen LogP contribution is 2.55. The van der Waals surface area contributed by atoms with Crippen molar-refractivity contribution in [3.8, 4) is 22.8 Å². The number of carbonyl (C=O) groups is 2. The number of methoxy groups -OCH3 is 1. The zero-order valence-electron chi connectivity index (χ0n) is 26.4. The molecule has 0 spiro atoms. The summed E-state index contributed by atoms with van der Waals surface area (Å²) in [6, 6.07) is 23.3. The molecular formula is C37H39BrN2O5. The topological polar surface area (TPSA) is 86.8 Å². The Morgan fingerprint density at radius 1 is 0.933 bits per heavy atom. The monoisotopic (exact) mass is 670 g/mol. The first kappa shape index (κ1) is 31.1. The van der Waals surface area contributed by atoms with Crippen LogP contribution >= 0.6 is 15.9 Å². The Morgan fingerprint density at radius 3 is 2.27 bits per heavy atom. The maximum Gasteiger partial charge on any atom is 0.312 e. The van der Waals surface area contributed by atoms with Gasteiger partial charge < -0.3 is 19.5 Å². The highest BCUT2D eigenvalue weighted by atomic mass is 79.9. The Balaban J connectivity index is 1.41.